The van der Waals surface area contributed by atoms with Crippen molar-refractivity contribution in [2.24, 2.45) is 0 Å². The van der Waals surface area contributed by atoms with E-state index in [1.807, 2.05) is 0 Å². The molecule has 1 amide bonds. The average molecular weight is 312 g/mol. The molecule has 0 bridgehead atoms. The Morgan fingerprint density at radius 1 is 1.39 bits per heavy atom. The number of nitrogens with one attached hydrogen (secondary N) is 1. The number of aliphatic hydroxyl groups is 1. The van der Waals surface area contributed by atoms with Crippen LogP contribution < -0.4 is 5.32 Å². The third-order valence-electron chi connectivity index (χ3n) is 4.27. The molecular formula is C15H16N6O2. The van der Waals surface area contributed by atoms with Crippen LogP contribution in [0.25, 0.3) is 5.65 Å². The summed E-state index contributed by atoms with van der Waals surface area (Å²) in [6.45, 7) is 1.79. The lowest BCUT2D eigenvalue weighted by atomic mass is 9.83. The molecular weight excluding hydrogens is 296 g/mol. The van der Waals surface area contributed by atoms with Gasteiger partial charge in [-0.2, -0.15) is 10.2 Å². The van der Waals surface area contributed by atoms with Crippen molar-refractivity contribution < 1.29 is 9.90 Å². The average Bonchev–Trinajstić information content (AvgIpc) is 3.16. The SMILES string of the molecule is Cc1nc2ccnn2cc1C(=O)N[C@H]1C[C@@H](O)[C@@H]1n1cccn1. The second-order valence-corrected chi connectivity index (χ2v) is 5.73. The highest BCUT2D eigenvalue weighted by atomic mass is 16.3. The monoisotopic (exact) mass is 312 g/mol. The van der Waals surface area contributed by atoms with Crippen molar-refractivity contribution in [3.8, 4) is 0 Å². The highest BCUT2D eigenvalue weighted by molar-refractivity contribution is 5.95. The fourth-order valence-corrected chi connectivity index (χ4v) is 2.99. The van der Waals surface area contributed by atoms with Gasteiger partial charge in [-0.1, -0.05) is 0 Å². The first-order valence-electron chi connectivity index (χ1n) is 7.42. The molecule has 0 aliphatic heterocycles. The largest absolute Gasteiger partial charge is 0.391 e. The van der Waals surface area contributed by atoms with Gasteiger partial charge in [-0.25, -0.2) is 9.50 Å². The number of aryl methyl sites for hydroxylation is 1. The van der Waals surface area contributed by atoms with E-state index in [0.717, 1.165) is 0 Å². The Hall–Kier alpha value is -2.74. The van der Waals surface area contributed by atoms with Crippen molar-refractivity contribution in [3.63, 3.8) is 0 Å². The molecule has 3 aromatic rings. The first kappa shape index (κ1) is 13.9. The van der Waals surface area contributed by atoms with Crippen molar-refractivity contribution >= 4 is 11.6 Å². The van der Waals surface area contributed by atoms with E-state index in [2.05, 4.69) is 20.5 Å². The van der Waals surface area contributed by atoms with Crippen LogP contribution in [0, 0.1) is 6.92 Å². The third kappa shape index (κ3) is 2.27. The summed E-state index contributed by atoms with van der Waals surface area (Å²) >= 11 is 0. The van der Waals surface area contributed by atoms with Crippen LogP contribution in [0.4, 0.5) is 0 Å². The number of aromatic nitrogens is 5. The molecule has 8 nitrogen and oxygen atoms in total. The summed E-state index contributed by atoms with van der Waals surface area (Å²) in [6.07, 6.45) is 6.75. The van der Waals surface area contributed by atoms with E-state index >= 15 is 0 Å². The van der Waals surface area contributed by atoms with Gasteiger partial charge < -0.3 is 10.4 Å². The van der Waals surface area contributed by atoms with Gasteiger partial charge in [0.05, 0.1) is 35.6 Å². The lowest BCUT2D eigenvalue weighted by Crippen LogP contribution is -2.56. The minimum Gasteiger partial charge on any atom is -0.391 e. The molecule has 8 heteroatoms. The van der Waals surface area contributed by atoms with Crippen LogP contribution in [0.1, 0.15) is 28.5 Å². The molecule has 3 aromatic heterocycles. The second kappa shape index (κ2) is 5.17. The number of amides is 1. The Balaban J connectivity index is 1.56. The summed E-state index contributed by atoms with van der Waals surface area (Å²) in [6, 6.07) is 3.18. The Morgan fingerprint density at radius 2 is 2.26 bits per heavy atom. The second-order valence-electron chi connectivity index (χ2n) is 5.73. The van der Waals surface area contributed by atoms with Gasteiger partial charge in [-0.3, -0.25) is 9.48 Å². The van der Waals surface area contributed by atoms with Crippen molar-refractivity contribution in [2.75, 3.05) is 0 Å². The zero-order valence-corrected chi connectivity index (χ0v) is 12.5. The van der Waals surface area contributed by atoms with Crippen molar-refractivity contribution in [1.29, 1.82) is 0 Å². The van der Waals surface area contributed by atoms with E-state index < -0.39 is 6.10 Å². The van der Waals surface area contributed by atoms with Crippen molar-refractivity contribution in [3.05, 3.63) is 48.2 Å². The molecule has 23 heavy (non-hydrogen) atoms. The van der Waals surface area contributed by atoms with E-state index in [-0.39, 0.29) is 18.0 Å². The molecule has 3 heterocycles. The summed E-state index contributed by atoms with van der Waals surface area (Å²) in [5, 5.41) is 21.2. The molecule has 1 fully saturated rings. The van der Waals surface area contributed by atoms with Crippen LogP contribution in [0.5, 0.6) is 0 Å². The first-order valence-corrected chi connectivity index (χ1v) is 7.42. The Morgan fingerprint density at radius 3 is 3.00 bits per heavy atom. The molecule has 0 saturated heterocycles. The van der Waals surface area contributed by atoms with Crippen LogP contribution in [-0.4, -0.2) is 47.5 Å². The number of hydrogen-bond donors (Lipinski definition) is 2. The minimum absolute atomic E-state index is 0.162. The van der Waals surface area contributed by atoms with Gasteiger partial charge in [0.15, 0.2) is 5.65 Å². The Kier molecular flexibility index (Phi) is 3.12. The summed E-state index contributed by atoms with van der Waals surface area (Å²) in [7, 11) is 0. The third-order valence-corrected chi connectivity index (χ3v) is 4.27. The molecule has 0 radical (unpaired) electrons. The maximum absolute atomic E-state index is 12.6. The van der Waals surface area contributed by atoms with Crippen molar-refractivity contribution in [1.82, 2.24) is 29.7 Å². The summed E-state index contributed by atoms with van der Waals surface area (Å²) in [4.78, 5) is 16.9. The van der Waals surface area contributed by atoms with Gasteiger partial charge in [-0.05, 0) is 19.4 Å². The molecule has 1 aliphatic carbocycles. The van der Waals surface area contributed by atoms with Crippen LogP contribution in [0.2, 0.25) is 0 Å². The van der Waals surface area contributed by atoms with E-state index in [9.17, 15) is 9.90 Å². The highest BCUT2D eigenvalue weighted by Gasteiger charge is 2.42. The molecule has 0 spiro atoms. The van der Waals surface area contributed by atoms with Gasteiger partial charge in [-0.15, -0.1) is 0 Å². The van der Waals surface area contributed by atoms with Crippen LogP contribution >= 0.6 is 0 Å². The van der Waals surface area contributed by atoms with Gasteiger partial charge >= 0.3 is 0 Å². The topological polar surface area (TPSA) is 97.3 Å². The predicted octanol–water partition coefficient (Wildman–Crippen LogP) is 0.339. The number of aliphatic hydroxyl groups excluding tert-OH is 1. The lowest BCUT2D eigenvalue weighted by molar-refractivity contribution is -0.00590. The quantitative estimate of drug-likeness (QED) is 0.727. The first-order chi connectivity index (χ1) is 11.1. The number of carbonyl (C=O) groups is 1. The number of hydrogen-bond acceptors (Lipinski definition) is 5. The fraction of sp³-hybridized carbons (Fsp3) is 0.333. The number of carbonyl (C=O) groups excluding carboxylic acids is 1. The zero-order chi connectivity index (χ0) is 16.0. The smallest absolute Gasteiger partial charge is 0.254 e. The van der Waals surface area contributed by atoms with E-state index in [1.54, 1.807) is 53.0 Å². The standard InChI is InChI=1S/C15H16N6O2/c1-9-10(8-21-13(18-9)3-5-17-21)15(23)19-11-7-12(22)14(11)20-6-2-4-16-20/h2-6,8,11-12,14,22H,7H2,1H3,(H,19,23)/t11-,12+,14+/m0/s1. The summed E-state index contributed by atoms with van der Waals surface area (Å²) < 4.78 is 3.25. The molecule has 1 aliphatic rings. The summed E-state index contributed by atoms with van der Waals surface area (Å²) in [5.41, 5.74) is 1.82. The van der Waals surface area contributed by atoms with Crippen LogP contribution in [0.15, 0.2) is 36.9 Å². The number of fused-ring (bicyclic) bond motifs is 1. The van der Waals surface area contributed by atoms with Gasteiger partial charge in [0.25, 0.3) is 5.91 Å². The molecule has 2 N–H and O–H groups in total. The van der Waals surface area contributed by atoms with Gasteiger partial charge in [0.1, 0.15) is 0 Å². The van der Waals surface area contributed by atoms with Gasteiger partial charge in [0, 0.05) is 24.7 Å². The molecule has 0 unspecified atom stereocenters. The molecule has 0 aromatic carbocycles. The summed E-state index contributed by atoms with van der Waals surface area (Å²) in [5.74, 6) is -0.221. The van der Waals surface area contributed by atoms with Crippen LogP contribution in [0.3, 0.4) is 0 Å². The predicted molar refractivity (Wildman–Crippen MR) is 80.9 cm³/mol. The van der Waals surface area contributed by atoms with E-state index in [4.69, 9.17) is 0 Å². The number of rotatable bonds is 3. The highest BCUT2D eigenvalue weighted by Crippen LogP contribution is 2.32. The minimum atomic E-state index is -0.506. The Labute approximate surface area is 131 Å². The fourth-order valence-electron chi connectivity index (χ4n) is 2.99. The lowest BCUT2D eigenvalue weighted by Gasteiger charge is -2.41. The maximum atomic E-state index is 12.6. The van der Waals surface area contributed by atoms with E-state index in [1.165, 1.54) is 0 Å². The van der Waals surface area contributed by atoms with Crippen molar-refractivity contribution in [2.45, 2.75) is 31.5 Å². The molecule has 118 valence electrons. The normalized spacial score (nSPS) is 23.7. The maximum Gasteiger partial charge on any atom is 0.254 e. The zero-order valence-electron chi connectivity index (χ0n) is 12.5. The van der Waals surface area contributed by atoms with Gasteiger partial charge in [0.2, 0.25) is 0 Å². The number of nitrogens with zero attached hydrogens (tertiary/aromatic N) is 5. The molecule has 1 saturated carbocycles. The molecule has 4 rings (SSSR count). The molecule has 3 atom stereocenters. The van der Waals surface area contributed by atoms with E-state index in [0.29, 0.717) is 23.3 Å². The van der Waals surface area contributed by atoms with Crippen LogP contribution in [-0.2, 0) is 0 Å². The Bertz CT molecular complexity index is 856.